The van der Waals surface area contributed by atoms with Crippen molar-refractivity contribution in [1.29, 1.82) is 0 Å². The second-order valence-electron chi connectivity index (χ2n) is 5.31. The lowest BCUT2D eigenvalue weighted by atomic mass is 9.85. The first kappa shape index (κ1) is 14.3. The van der Waals surface area contributed by atoms with Crippen molar-refractivity contribution in [3.05, 3.63) is 6.20 Å². The highest BCUT2D eigenvalue weighted by molar-refractivity contribution is 7.89. The number of sulfonamides is 1. The first-order valence-corrected chi connectivity index (χ1v) is 8.22. The summed E-state index contributed by atoms with van der Waals surface area (Å²) in [4.78, 5) is 0.0774. The summed E-state index contributed by atoms with van der Waals surface area (Å²) in [6.07, 6.45) is 6.63. The van der Waals surface area contributed by atoms with Crippen molar-refractivity contribution >= 4 is 15.8 Å². The number of hydrogen-bond acceptors (Lipinski definition) is 4. The number of nitrogens with zero attached hydrogens (tertiary/aromatic N) is 2. The van der Waals surface area contributed by atoms with Gasteiger partial charge in [0.25, 0.3) is 0 Å². The largest absolute Gasteiger partial charge is 0.381 e. The Morgan fingerprint density at radius 1 is 1.53 bits per heavy atom. The van der Waals surface area contributed by atoms with E-state index in [4.69, 9.17) is 5.73 Å². The molecule has 2 unspecified atom stereocenters. The van der Waals surface area contributed by atoms with Gasteiger partial charge in [0.15, 0.2) is 5.82 Å². The molecular formula is C12H22N4O2S. The van der Waals surface area contributed by atoms with E-state index in [1.54, 1.807) is 7.05 Å². The highest BCUT2D eigenvalue weighted by Crippen LogP contribution is 2.28. The third-order valence-corrected chi connectivity index (χ3v) is 5.33. The molecule has 0 bridgehead atoms. The van der Waals surface area contributed by atoms with Crippen molar-refractivity contribution in [2.45, 2.75) is 50.0 Å². The molecule has 0 aliphatic heterocycles. The average molecular weight is 286 g/mol. The molecule has 1 aromatic heterocycles. The van der Waals surface area contributed by atoms with E-state index in [1.165, 1.54) is 17.3 Å². The second kappa shape index (κ2) is 5.50. The molecule has 0 aromatic carbocycles. The van der Waals surface area contributed by atoms with Crippen molar-refractivity contribution < 1.29 is 8.42 Å². The van der Waals surface area contributed by atoms with E-state index in [9.17, 15) is 8.42 Å². The van der Waals surface area contributed by atoms with Crippen molar-refractivity contribution in [3.63, 3.8) is 0 Å². The summed E-state index contributed by atoms with van der Waals surface area (Å²) < 4.78 is 28.8. The van der Waals surface area contributed by atoms with Crippen molar-refractivity contribution in [3.8, 4) is 0 Å². The minimum absolute atomic E-state index is 0.0170. The summed E-state index contributed by atoms with van der Waals surface area (Å²) in [7, 11) is -1.90. The van der Waals surface area contributed by atoms with Crippen LogP contribution in [0.4, 0.5) is 5.82 Å². The SMILES string of the molecule is CCC1CCCC(NS(=O)(=O)c2cn(C)nc2N)C1. The molecule has 7 heteroatoms. The highest BCUT2D eigenvalue weighted by atomic mass is 32.2. The number of hydrogen-bond donors (Lipinski definition) is 2. The number of nitrogens with two attached hydrogens (primary N) is 1. The van der Waals surface area contributed by atoms with Gasteiger partial charge in [0, 0.05) is 19.3 Å². The minimum Gasteiger partial charge on any atom is -0.381 e. The summed E-state index contributed by atoms with van der Waals surface area (Å²) in [5.74, 6) is 0.672. The van der Waals surface area contributed by atoms with Crippen molar-refractivity contribution in [2.75, 3.05) is 5.73 Å². The molecule has 3 N–H and O–H groups in total. The van der Waals surface area contributed by atoms with Gasteiger partial charge in [-0.3, -0.25) is 4.68 Å². The molecule has 1 fully saturated rings. The Hall–Kier alpha value is -1.08. The Kier molecular flexibility index (Phi) is 4.15. The normalized spacial score (nSPS) is 24.5. The van der Waals surface area contributed by atoms with Crippen LogP contribution >= 0.6 is 0 Å². The molecule has 108 valence electrons. The Bertz CT molecular complexity index is 538. The van der Waals surface area contributed by atoms with E-state index < -0.39 is 10.0 Å². The summed E-state index contributed by atoms with van der Waals surface area (Å²) in [5.41, 5.74) is 5.63. The predicted octanol–water partition coefficient (Wildman–Crippen LogP) is 1.25. The van der Waals surface area contributed by atoms with Crippen LogP contribution in [0.5, 0.6) is 0 Å². The molecule has 1 saturated carbocycles. The fourth-order valence-corrected chi connectivity index (χ4v) is 4.13. The van der Waals surface area contributed by atoms with E-state index in [0.29, 0.717) is 5.92 Å². The molecular weight excluding hydrogens is 264 g/mol. The van der Waals surface area contributed by atoms with Gasteiger partial charge in [-0.15, -0.1) is 0 Å². The smallest absolute Gasteiger partial charge is 0.246 e. The molecule has 2 atom stereocenters. The Balaban J connectivity index is 2.11. The van der Waals surface area contributed by atoms with Crippen molar-refractivity contribution in [1.82, 2.24) is 14.5 Å². The number of nitrogens with one attached hydrogen (secondary N) is 1. The van der Waals surface area contributed by atoms with Crippen LogP contribution in [0.2, 0.25) is 0 Å². The molecule has 1 aliphatic carbocycles. The summed E-state index contributed by atoms with van der Waals surface area (Å²) in [5, 5.41) is 3.88. The number of aryl methyl sites for hydroxylation is 1. The lowest BCUT2D eigenvalue weighted by molar-refractivity contribution is 0.301. The fraction of sp³-hybridized carbons (Fsp3) is 0.750. The van der Waals surface area contributed by atoms with E-state index in [2.05, 4.69) is 16.7 Å². The Morgan fingerprint density at radius 3 is 2.84 bits per heavy atom. The number of rotatable bonds is 4. The maximum atomic E-state index is 12.3. The molecule has 6 nitrogen and oxygen atoms in total. The Labute approximate surface area is 114 Å². The molecule has 0 amide bonds. The fourth-order valence-electron chi connectivity index (χ4n) is 2.74. The van der Waals surface area contributed by atoms with Crippen LogP contribution in [0.1, 0.15) is 39.0 Å². The zero-order valence-corrected chi connectivity index (χ0v) is 12.3. The molecule has 1 aliphatic rings. The van der Waals surface area contributed by atoms with E-state index in [0.717, 1.165) is 25.7 Å². The van der Waals surface area contributed by atoms with Crippen LogP contribution in [0.25, 0.3) is 0 Å². The van der Waals surface area contributed by atoms with E-state index in [-0.39, 0.29) is 16.8 Å². The first-order valence-electron chi connectivity index (χ1n) is 6.73. The molecule has 1 heterocycles. The summed E-state index contributed by atoms with van der Waals surface area (Å²) in [6, 6.07) is 0.0170. The zero-order valence-electron chi connectivity index (χ0n) is 11.5. The topological polar surface area (TPSA) is 90.0 Å². The van der Waals surface area contributed by atoms with Gasteiger partial charge in [0.2, 0.25) is 10.0 Å². The highest BCUT2D eigenvalue weighted by Gasteiger charge is 2.27. The van der Waals surface area contributed by atoms with Gasteiger partial charge in [-0.1, -0.05) is 26.2 Å². The molecule has 0 saturated heterocycles. The van der Waals surface area contributed by atoms with Gasteiger partial charge >= 0.3 is 0 Å². The Morgan fingerprint density at radius 2 is 2.26 bits per heavy atom. The standard InChI is InChI=1S/C12H22N4O2S/c1-3-9-5-4-6-10(7-9)15-19(17,18)11-8-16(2)14-12(11)13/h8-10,15H,3-7H2,1-2H3,(H2,13,14). The lowest BCUT2D eigenvalue weighted by Gasteiger charge is -2.28. The van der Waals surface area contributed by atoms with Gasteiger partial charge in [-0.05, 0) is 18.8 Å². The van der Waals surface area contributed by atoms with Gasteiger partial charge in [0.05, 0.1) is 0 Å². The van der Waals surface area contributed by atoms with Gasteiger partial charge < -0.3 is 5.73 Å². The number of aromatic nitrogens is 2. The molecule has 0 spiro atoms. The van der Waals surface area contributed by atoms with Crippen LogP contribution in [-0.2, 0) is 17.1 Å². The minimum atomic E-state index is -3.56. The maximum Gasteiger partial charge on any atom is 0.246 e. The van der Waals surface area contributed by atoms with Crippen LogP contribution in [-0.4, -0.2) is 24.2 Å². The van der Waals surface area contributed by atoms with Crippen molar-refractivity contribution in [2.24, 2.45) is 13.0 Å². The van der Waals surface area contributed by atoms with E-state index >= 15 is 0 Å². The molecule has 0 radical (unpaired) electrons. The number of nitrogen functional groups attached to an aromatic ring is 1. The van der Waals surface area contributed by atoms with E-state index in [1.807, 2.05) is 0 Å². The van der Waals surface area contributed by atoms with Gasteiger partial charge in [-0.25, -0.2) is 13.1 Å². The quantitative estimate of drug-likeness (QED) is 0.871. The third-order valence-electron chi connectivity index (χ3n) is 3.79. The summed E-state index contributed by atoms with van der Waals surface area (Å²) >= 11 is 0. The van der Waals surface area contributed by atoms with Gasteiger partial charge in [0.1, 0.15) is 4.90 Å². The van der Waals surface area contributed by atoms with Gasteiger partial charge in [-0.2, -0.15) is 5.10 Å². The monoisotopic (exact) mass is 286 g/mol. The van der Waals surface area contributed by atoms with Crippen LogP contribution in [0.15, 0.2) is 11.1 Å². The number of anilines is 1. The third kappa shape index (κ3) is 3.27. The molecule has 19 heavy (non-hydrogen) atoms. The maximum absolute atomic E-state index is 12.3. The molecule has 2 rings (SSSR count). The predicted molar refractivity (Wildman–Crippen MR) is 74.0 cm³/mol. The lowest BCUT2D eigenvalue weighted by Crippen LogP contribution is -2.38. The zero-order chi connectivity index (χ0) is 14.0. The van der Waals surface area contributed by atoms with Crippen LogP contribution in [0, 0.1) is 5.92 Å². The second-order valence-corrected chi connectivity index (χ2v) is 6.99. The molecule has 1 aromatic rings. The first-order chi connectivity index (χ1) is 8.92. The summed E-state index contributed by atoms with van der Waals surface area (Å²) in [6.45, 7) is 2.15. The van der Waals surface area contributed by atoms with Crippen LogP contribution < -0.4 is 10.5 Å². The van der Waals surface area contributed by atoms with Crippen LogP contribution in [0.3, 0.4) is 0 Å². The average Bonchev–Trinajstić information content (AvgIpc) is 2.69.